The highest BCUT2D eigenvalue weighted by atomic mass is 32.2. The lowest BCUT2D eigenvalue weighted by Crippen LogP contribution is -2.44. The van der Waals surface area contributed by atoms with Crippen LogP contribution in [0.5, 0.6) is 0 Å². The summed E-state index contributed by atoms with van der Waals surface area (Å²) in [5.74, 6) is 0.0614. The molecule has 1 atom stereocenters. The van der Waals surface area contributed by atoms with Crippen LogP contribution in [0.4, 0.5) is 10.8 Å². The first-order chi connectivity index (χ1) is 15.0. The SMILES string of the molecule is CSCC[C@H](NC(=O)c1ccc(N)cc1)C(=O)Nc1nc(-c2ccc(C#N)cc2)cs1.S. The number of nitrogen functional groups attached to an aromatic ring is 1. The van der Waals surface area contributed by atoms with Gasteiger partial charge in [0.2, 0.25) is 5.91 Å². The molecule has 0 spiro atoms. The van der Waals surface area contributed by atoms with Crippen LogP contribution in [-0.4, -0.2) is 34.8 Å². The fraction of sp³-hybridized carbons (Fsp3) is 0.182. The zero-order valence-corrected chi connectivity index (χ0v) is 19.9. The molecule has 3 rings (SSSR count). The maximum Gasteiger partial charge on any atom is 0.251 e. The lowest BCUT2D eigenvalue weighted by molar-refractivity contribution is -0.118. The average Bonchev–Trinajstić information content (AvgIpc) is 3.25. The number of hydrogen-bond acceptors (Lipinski definition) is 7. The molecule has 0 bridgehead atoms. The van der Waals surface area contributed by atoms with Gasteiger partial charge in [-0.3, -0.25) is 9.59 Å². The third-order valence-corrected chi connectivity index (χ3v) is 5.85. The first-order valence-corrected chi connectivity index (χ1v) is 11.7. The van der Waals surface area contributed by atoms with E-state index in [1.807, 2.05) is 23.8 Å². The minimum Gasteiger partial charge on any atom is -0.399 e. The van der Waals surface area contributed by atoms with E-state index < -0.39 is 6.04 Å². The van der Waals surface area contributed by atoms with Gasteiger partial charge in [-0.15, -0.1) is 11.3 Å². The van der Waals surface area contributed by atoms with Crippen molar-refractivity contribution in [3.05, 3.63) is 65.0 Å². The van der Waals surface area contributed by atoms with Gasteiger partial charge in [0.05, 0.1) is 17.3 Å². The largest absolute Gasteiger partial charge is 0.399 e. The number of nitrogens with one attached hydrogen (secondary N) is 2. The van der Waals surface area contributed by atoms with Gasteiger partial charge in [0.1, 0.15) is 6.04 Å². The van der Waals surface area contributed by atoms with Gasteiger partial charge in [0, 0.05) is 22.2 Å². The summed E-state index contributed by atoms with van der Waals surface area (Å²) in [5, 5.41) is 16.8. The predicted molar refractivity (Wildman–Crippen MR) is 136 cm³/mol. The van der Waals surface area contributed by atoms with E-state index in [1.54, 1.807) is 48.2 Å². The maximum atomic E-state index is 12.8. The van der Waals surface area contributed by atoms with Crippen LogP contribution in [0.3, 0.4) is 0 Å². The lowest BCUT2D eigenvalue weighted by Gasteiger charge is -2.17. The summed E-state index contributed by atoms with van der Waals surface area (Å²) >= 11 is 2.90. The van der Waals surface area contributed by atoms with Crippen molar-refractivity contribution < 1.29 is 9.59 Å². The van der Waals surface area contributed by atoms with Crippen molar-refractivity contribution in [2.75, 3.05) is 23.1 Å². The van der Waals surface area contributed by atoms with Crippen molar-refractivity contribution in [2.24, 2.45) is 0 Å². The molecule has 0 fully saturated rings. The number of benzene rings is 2. The van der Waals surface area contributed by atoms with E-state index in [0.717, 1.165) is 5.56 Å². The number of aromatic nitrogens is 1. The molecule has 0 aliphatic carbocycles. The molecule has 0 radical (unpaired) electrons. The van der Waals surface area contributed by atoms with Gasteiger partial charge in [0.15, 0.2) is 5.13 Å². The third-order valence-electron chi connectivity index (χ3n) is 4.45. The Labute approximate surface area is 201 Å². The fourth-order valence-corrected chi connectivity index (χ4v) is 3.95. The molecule has 0 saturated heterocycles. The number of nitriles is 1. The van der Waals surface area contributed by atoms with Gasteiger partial charge >= 0.3 is 0 Å². The zero-order chi connectivity index (χ0) is 22.2. The van der Waals surface area contributed by atoms with E-state index in [4.69, 9.17) is 11.0 Å². The summed E-state index contributed by atoms with van der Waals surface area (Å²) in [6.45, 7) is 0. The Bertz CT molecular complexity index is 1090. The molecule has 32 heavy (non-hydrogen) atoms. The second kappa shape index (κ2) is 12.1. The van der Waals surface area contributed by atoms with Gasteiger partial charge in [-0.05, 0) is 54.8 Å². The van der Waals surface area contributed by atoms with Crippen LogP contribution in [0.15, 0.2) is 53.9 Å². The smallest absolute Gasteiger partial charge is 0.251 e. The molecule has 0 saturated carbocycles. The number of thiazole rings is 1. The Morgan fingerprint density at radius 1 is 1.19 bits per heavy atom. The first-order valence-electron chi connectivity index (χ1n) is 9.42. The molecule has 0 unspecified atom stereocenters. The van der Waals surface area contributed by atoms with Gasteiger partial charge in [-0.25, -0.2) is 4.98 Å². The van der Waals surface area contributed by atoms with Gasteiger partial charge < -0.3 is 16.4 Å². The number of thioether (sulfide) groups is 1. The van der Waals surface area contributed by atoms with Crippen LogP contribution in [0.25, 0.3) is 11.3 Å². The van der Waals surface area contributed by atoms with Gasteiger partial charge in [0.25, 0.3) is 5.91 Å². The Kier molecular flexibility index (Phi) is 9.59. The second-order valence-electron chi connectivity index (χ2n) is 6.65. The molecule has 1 aromatic heterocycles. The van der Waals surface area contributed by atoms with Crippen molar-refractivity contribution in [3.8, 4) is 17.3 Å². The van der Waals surface area contributed by atoms with E-state index in [1.165, 1.54) is 11.3 Å². The van der Waals surface area contributed by atoms with Crippen LogP contribution in [0, 0.1) is 11.3 Å². The summed E-state index contributed by atoms with van der Waals surface area (Å²) in [4.78, 5) is 29.9. The number of amides is 2. The van der Waals surface area contributed by atoms with E-state index in [9.17, 15) is 9.59 Å². The van der Waals surface area contributed by atoms with Gasteiger partial charge in [-0.1, -0.05) is 12.1 Å². The maximum absolute atomic E-state index is 12.8. The molecule has 1 heterocycles. The predicted octanol–water partition coefficient (Wildman–Crippen LogP) is 3.87. The van der Waals surface area contributed by atoms with E-state index in [-0.39, 0.29) is 25.3 Å². The molecule has 10 heteroatoms. The molecule has 7 nitrogen and oxygen atoms in total. The van der Waals surface area contributed by atoms with Crippen molar-refractivity contribution in [1.29, 1.82) is 5.26 Å². The summed E-state index contributed by atoms with van der Waals surface area (Å²) < 4.78 is 0. The number of nitrogens with two attached hydrogens (primary N) is 1. The molecule has 2 aromatic carbocycles. The third kappa shape index (κ3) is 6.75. The summed E-state index contributed by atoms with van der Waals surface area (Å²) in [7, 11) is 0. The molecule has 0 aliphatic heterocycles. The van der Waals surface area contributed by atoms with Gasteiger partial charge in [-0.2, -0.15) is 30.5 Å². The minimum absolute atomic E-state index is 0. The molecule has 2 amide bonds. The van der Waals surface area contributed by atoms with Crippen LogP contribution in [0.2, 0.25) is 0 Å². The summed E-state index contributed by atoms with van der Waals surface area (Å²) in [6.07, 6.45) is 2.43. The highest BCUT2D eigenvalue weighted by molar-refractivity contribution is 7.98. The molecular weight excluding hydrogens is 462 g/mol. The monoisotopic (exact) mass is 485 g/mol. The molecule has 166 valence electrons. The number of nitrogens with zero attached hydrogens (tertiary/aromatic N) is 2. The van der Waals surface area contributed by atoms with Crippen molar-refractivity contribution in [3.63, 3.8) is 0 Å². The number of hydrogen-bond donors (Lipinski definition) is 3. The quantitative estimate of drug-likeness (QED) is 0.417. The van der Waals surface area contributed by atoms with Crippen LogP contribution in [0.1, 0.15) is 22.3 Å². The lowest BCUT2D eigenvalue weighted by atomic mass is 10.1. The highest BCUT2D eigenvalue weighted by Gasteiger charge is 2.22. The topological polar surface area (TPSA) is 121 Å². The zero-order valence-electron chi connectivity index (χ0n) is 17.3. The minimum atomic E-state index is -0.695. The van der Waals surface area contributed by atoms with E-state index in [0.29, 0.717) is 39.8 Å². The number of carbonyl (C=O) groups is 2. The molecule has 3 aromatic rings. The number of carbonyl (C=O) groups excluding carboxylic acids is 2. The van der Waals surface area contributed by atoms with E-state index in [2.05, 4.69) is 21.7 Å². The van der Waals surface area contributed by atoms with Crippen molar-refractivity contribution in [2.45, 2.75) is 12.5 Å². The Balaban J connectivity index is 0.00000363. The normalized spacial score (nSPS) is 11.0. The van der Waals surface area contributed by atoms with Crippen molar-refractivity contribution in [1.82, 2.24) is 10.3 Å². The summed E-state index contributed by atoms with van der Waals surface area (Å²) in [5.41, 5.74) is 8.80. The number of rotatable bonds is 8. The van der Waals surface area contributed by atoms with Crippen LogP contribution in [-0.2, 0) is 4.79 Å². The molecule has 0 aliphatic rings. The fourth-order valence-electron chi connectivity index (χ4n) is 2.75. The summed E-state index contributed by atoms with van der Waals surface area (Å²) in [6, 6.07) is 15.0. The molecule has 4 N–H and O–H groups in total. The molecular formula is C22H23N5O2S3. The van der Waals surface area contributed by atoms with Crippen molar-refractivity contribution >= 4 is 59.2 Å². The van der Waals surface area contributed by atoms with E-state index >= 15 is 0 Å². The standard InChI is InChI=1S/C22H21N5O2S2.H2S/c1-30-11-10-18(25-20(28)16-6-8-17(24)9-7-16)21(29)27-22-26-19(13-31-22)15-4-2-14(12-23)3-5-15;/h2-9,13,18H,10-11,24H2,1H3,(H,25,28)(H,26,27,29);1H2/t18-;/m0./s1. The Morgan fingerprint density at radius 3 is 2.50 bits per heavy atom. The Morgan fingerprint density at radius 2 is 1.88 bits per heavy atom. The first kappa shape index (κ1) is 25.3. The van der Waals surface area contributed by atoms with Crippen LogP contribution >= 0.6 is 36.6 Å². The van der Waals surface area contributed by atoms with Crippen LogP contribution < -0.4 is 16.4 Å². The average molecular weight is 486 g/mol. The number of anilines is 2. The Hall–Kier alpha value is -3.00. The highest BCUT2D eigenvalue weighted by Crippen LogP contribution is 2.25. The second-order valence-corrected chi connectivity index (χ2v) is 8.49.